The molecule has 1 aromatic carbocycles. The van der Waals surface area contributed by atoms with E-state index in [1.807, 2.05) is 27.7 Å². The summed E-state index contributed by atoms with van der Waals surface area (Å²) in [5.41, 5.74) is -0.504. The highest BCUT2D eigenvalue weighted by atomic mass is 32.2. The van der Waals surface area contributed by atoms with Crippen LogP contribution in [0, 0.1) is 0 Å². The van der Waals surface area contributed by atoms with Gasteiger partial charge in [0, 0.05) is 12.7 Å². The molecule has 1 heterocycles. The van der Waals surface area contributed by atoms with Gasteiger partial charge in [0.15, 0.2) is 5.12 Å². The smallest absolute Gasteiger partial charge is 0.400 e. The molecule has 0 N–H and O–H groups in total. The third kappa shape index (κ3) is 4.93. The van der Waals surface area contributed by atoms with E-state index >= 15 is 0 Å². The molecule has 0 aromatic heterocycles. The molecule has 1 fully saturated rings. The van der Waals surface area contributed by atoms with Crippen molar-refractivity contribution < 1.29 is 27.3 Å². The Kier molecular flexibility index (Phi) is 6.00. The largest absolute Gasteiger partial charge is 0.491 e. The van der Waals surface area contributed by atoms with Crippen molar-refractivity contribution in [3.63, 3.8) is 0 Å². The van der Waals surface area contributed by atoms with E-state index in [1.54, 1.807) is 6.08 Å². The van der Waals surface area contributed by atoms with Crippen LogP contribution in [0.25, 0.3) is 6.08 Å². The lowest BCUT2D eigenvalue weighted by Gasteiger charge is -2.32. The van der Waals surface area contributed by atoms with Crippen LogP contribution >= 0.6 is 11.8 Å². The average Bonchev–Trinajstić information content (AvgIpc) is 2.71. The number of halogens is 3. The van der Waals surface area contributed by atoms with Crippen LogP contribution in [0.4, 0.5) is 13.2 Å². The summed E-state index contributed by atoms with van der Waals surface area (Å²) in [7, 11) is -0.658. The van der Waals surface area contributed by atoms with Gasteiger partial charge in [0.05, 0.1) is 16.8 Å². The summed E-state index contributed by atoms with van der Waals surface area (Å²) in [6.45, 7) is 9.13. The van der Waals surface area contributed by atoms with Gasteiger partial charge < -0.3 is 9.31 Å². The lowest BCUT2D eigenvalue weighted by Crippen LogP contribution is -2.41. The number of rotatable bonds is 4. The maximum atomic E-state index is 12.7. The fourth-order valence-electron chi connectivity index (χ4n) is 2.34. The molecule has 142 valence electrons. The van der Waals surface area contributed by atoms with Crippen LogP contribution in [0.3, 0.4) is 0 Å². The summed E-state index contributed by atoms with van der Waals surface area (Å²) in [4.78, 5) is 11.4. The predicted octanol–water partition coefficient (Wildman–Crippen LogP) is 5.00. The Morgan fingerprint density at radius 3 is 2.04 bits per heavy atom. The zero-order valence-corrected chi connectivity index (χ0v) is 16.3. The van der Waals surface area contributed by atoms with Crippen molar-refractivity contribution in [3.05, 3.63) is 40.9 Å². The number of hydrogen-bond acceptors (Lipinski definition) is 4. The van der Waals surface area contributed by atoms with Gasteiger partial charge in [-0.1, -0.05) is 30.0 Å². The number of benzene rings is 1. The van der Waals surface area contributed by atoms with E-state index in [0.29, 0.717) is 16.8 Å². The highest BCUT2D eigenvalue weighted by molar-refractivity contribution is 8.13. The second kappa shape index (κ2) is 7.41. The monoisotopic (exact) mass is 386 g/mol. The molecule has 8 heteroatoms. The molecule has 3 nitrogen and oxygen atoms in total. The molecule has 1 aliphatic rings. The third-order valence-corrected chi connectivity index (χ3v) is 5.47. The molecule has 26 heavy (non-hydrogen) atoms. The normalized spacial score (nSPS) is 19.7. The second-order valence-corrected chi connectivity index (χ2v) is 8.36. The third-order valence-electron chi connectivity index (χ3n) is 4.59. The highest BCUT2D eigenvalue weighted by Crippen LogP contribution is 2.39. The summed E-state index contributed by atoms with van der Waals surface area (Å²) in [5.74, 6) is 0.340. The summed E-state index contributed by atoms with van der Waals surface area (Å²) in [6, 6.07) is 4.86. The highest BCUT2D eigenvalue weighted by Gasteiger charge is 2.52. The molecule has 1 saturated heterocycles. The average molecular weight is 386 g/mol. The Hall–Kier alpha value is -1.25. The molecule has 0 saturated carbocycles. The van der Waals surface area contributed by atoms with Gasteiger partial charge in [0.1, 0.15) is 0 Å². The fourth-order valence-corrected chi connectivity index (χ4v) is 2.93. The number of carbonyl (C=O) groups is 1. The van der Waals surface area contributed by atoms with E-state index in [9.17, 15) is 18.0 Å². The fraction of sp³-hybridized carbons (Fsp3) is 0.500. The standard InChI is InChI=1S/C18H22BF3O3S/c1-12(23)26-11-15(19-24-16(2,3)17(4,5)25-19)10-13-6-8-14(9-7-13)18(20,21)22/h6-10H,11H2,1-5H3. The van der Waals surface area contributed by atoms with E-state index in [-0.39, 0.29) is 5.12 Å². The maximum Gasteiger partial charge on any atom is 0.491 e. The van der Waals surface area contributed by atoms with Gasteiger partial charge in [-0.25, -0.2) is 0 Å². The first-order valence-electron chi connectivity index (χ1n) is 8.18. The quantitative estimate of drug-likeness (QED) is 0.683. The van der Waals surface area contributed by atoms with Crippen LogP contribution in [0.1, 0.15) is 45.7 Å². The molecule has 0 bridgehead atoms. The summed E-state index contributed by atoms with van der Waals surface area (Å²) in [6.07, 6.45) is -2.65. The first-order valence-corrected chi connectivity index (χ1v) is 9.17. The molecule has 0 unspecified atom stereocenters. The summed E-state index contributed by atoms with van der Waals surface area (Å²) in [5, 5.41) is -0.0557. The lowest BCUT2D eigenvalue weighted by molar-refractivity contribution is -0.137. The molecular formula is C18H22BF3O3S. The first kappa shape index (κ1) is 21.1. The van der Waals surface area contributed by atoms with Crippen LogP contribution in [0.15, 0.2) is 29.7 Å². The Morgan fingerprint density at radius 1 is 1.12 bits per heavy atom. The van der Waals surface area contributed by atoms with Crippen molar-refractivity contribution in [2.75, 3.05) is 5.75 Å². The van der Waals surface area contributed by atoms with Crippen molar-refractivity contribution in [2.24, 2.45) is 0 Å². The van der Waals surface area contributed by atoms with Crippen LogP contribution < -0.4 is 0 Å². The van der Waals surface area contributed by atoms with E-state index < -0.39 is 30.1 Å². The maximum absolute atomic E-state index is 12.7. The molecule has 0 aliphatic carbocycles. The van der Waals surface area contributed by atoms with E-state index in [2.05, 4.69) is 0 Å². The number of thioether (sulfide) groups is 1. The summed E-state index contributed by atoms with van der Waals surface area (Å²) < 4.78 is 50.2. The van der Waals surface area contributed by atoms with Crippen LogP contribution in [0.2, 0.25) is 0 Å². The topological polar surface area (TPSA) is 35.5 Å². The molecule has 1 aliphatic heterocycles. The Morgan fingerprint density at radius 2 is 1.62 bits per heavy atom. The van der Waals surface area contributed by atoms with Crippen molar-refractivity contribution in [1.29, 1.82) is 0 Å². The Balaban J connectivity index is 2.30. The van der Waals surface area contributed by atoms with Gasteiger partial charge in [0.25, 0.3) is 0 Å². The SMILES string of the molecule is CC(=O)SCC(=Cc1ccc(C(F)(F)F)cc1)B1OC(C)(C)C(C)(C)O1. The predicted molar refractivity (Wildman–Crippen MR) is 98.6 cm³/mol. The number of carbonyl (C=O) groups excluding carboxylic acids is 1. The van der Waals surface area contributed by atoms with Gasteiger partial charge in [-0.3, -0.25) is 4.79 Å². The molecule has 0 amide bonds. The Labute approximate surface area is 156 Å². The second-order valence-electron chi connectivity index (χ2n) is 7.21. The van der Waals surface area contributed by atoms with Gasteiger partial charge in [-0.15, -0.1) is 0 Å². The minimum absolute atomic E-state index is 0.0557. The Bertz CT molecular complexity index is 681. The van der Waals surface area contributed by atoms with Crippen LogP contribution in [-0.2, 0) is 20.3 Å². The van der Waals surface area contributed by atoms with Crippen LogP contribution in [0.5, 0.6) is 0 Å². The molecule has 0 radical (unpaired) electrons. The van der Waals surface area contributed by atoms with E-state index in [1.165, 1.54) is 19.1 Å². The van der Waals surface area contributed by atoms with Gasteiger partial charge in [-0.05, 0) is 50.9 Å². The van der Waals surface area contributed by atoms with Gasteiger partial charge in [-0.2, -0.15) is 13.2 Å². The van der Waals surface area contributed by atoms with Crippen molar-refractivity contribution in [3.8, 4) is 0 Å². The van der Waals surface area contributed by atoms with Crippen molar-refractivity contribution in [1.82, 2.24) is 0 Å². The lowest BCUT2D eigenvalue weighted by atomic mass is 9.78. The first-order chi connectivity index (χ1) is 11.8. The minimum Gasteiger partial charge on any atom is -0.400 e. The van der Waals surface area contributed by atoms with E-state index in [4.69, 9.17) is 9.31 Å². The molecule has 1 aromatic rings. The number of alkyl halides is 3. The zero-order chi connectivity index (χ0) is 19.8. The molecule has 0 atom stereocenters. The molecule has 0 spiro atoms. The number of hydrogen-bond donors (Lipinski definition) is 0. The van der Waals surface area contributed by atoms with Gasteiger partial charge in [0.2, 0.25) is 0 Å². The van der Waals surface area contributed by atoms with Crippen molar-refractivity contribution >= 4 is 30.1 Å². The summed E-state index contributed by atoms with van der Waals surface area (Å²) >= 11 is 1.11. The minimum atomic E-state index is -4.37. The molecule has 2 rings (SSSR count). The van der Waals surface area contributed by atoms with Gasteiger partial charge >= 0.3 is 13.3 Å². The molecular weight excluding hydrogens is 364 g/mol. The van der Waals surface area contributed by atoms with Crippen molar-refractivity contribution in [2.45, 2.75) is 52.0 Å². The van der Waals surface area contributed by atoms with E-state index in [0.717, 1.165) is 23.9 Å². The zero-order valence-electron chi connectivity index (χ0n) is 15.4. The van der Waals surface area contributed by atoms with Crippen LogP contribution in [-0.4, -0.2) is 29.2 Å².